The number of carbonyl (C=O) groups is 2. The van der Waals surface area contributed by atoms with Crippen LogP contribution in [0.5, 0.6) is 0 Å². The molecule has 0 bridgehead atoms. The number of aryl methyl sites for hydroxylation is 1. The van der Waals surface area contributed by atoms with Crippen LogP contribution in [0.2, 0.25) is 0 Å². The van der Waals surface area contributed by atoms with E-state index in [2.05, 4.69) is 11.4 Å². The Morgan fingerprint density at radius 3 is 2.67 bits per heavy atom. The van der Waals surface area contributed by atoms with E-state index in [1.165, 1.54) is 11.6 Å². The molecule has 30 heavy (non-hydrogen) atoms. The fourth-order valence-corrected chi connectivity index (χ4v) is 4.96. The molecule has 0 atom stereocenters. The second-order valence-electron chi connectivity index (χ2n) is 7.60. The van der Waals surface area contributed by atoms with Crippen LogP contribution in [0, 0.1) is 6.92 Å². The Morgan fingerprint density at radius 2 is 1.93 bits per heavy atom. The van der Waals surface area contributed by atoms with E-state index in [1.807, 2.05) is 32.0 Å². The molecule has 0 saturated heterocycles. The van der Waals surface area contributed by atoms with E-state index < -0.39 is 9.84 Å². The lowest BCUT2D eigenvalue weighted by Gasteiger charge is -2.16. The number of benzene rings is 2. The third-order valence-electron chi connectivity index (χ3n) is 5.33. The highest BCUT2D eigenvalue weighted by atomic mass is 32.2. The number of rotatable bonds is 8. The summed E-state index contributed by atoms with van der Waals surface area (Å²) in [5.41, 5.74) is 3.95. The zero-order chi connectivity index (χ0) is 21.7. The molecule has 2 aromatic rings. The summed E-state index contributed by atoms with van der Waals surface area (Å²) in [7, 11) is -3.57. The molecule has 1 N–H and O–H groups in total. The van der Waals surface area contributed by atoms with Crippen molar-refractivity contribution >= 4 is 27.3 Å². The maximum atomic E-state index is 12.7. The predicted octanol–water partition coefficient (Wildman–Crippen LogP) is 2.82. The molecule has 0 radical (unpaired) electrons. The van der Waals surface area contributed by atoms with Gasteiger partial charge in [0.1, 0.15) is 0 Å². The molecule has 0 fully saturated rings. The van der Waals surface area contributed by atoms with Crippen LogP contribution in [-0.2, 0) is 32.3 Å². The third kappa shape index (κ3) is 5.27. The highest BCUT2D eigenvalue weighted by molar-refractivity contribution is 7.91. The number of nitrogens with one attached hydrogen (secondary N) is 1. The minimum absolute atomic E-state index is 0.0340. The molecular weight excluding hydrogens is 400 g/mol. The van der Waals surface area contributed by atoms with Crippen molar-refractivity contribution in [2.75, 3.05) is 23.7 Å². The first-order valence-corrected chi connectivity index (χ1v) is 11.9. The van der Waals surface area contributed by atoms with E-state index in [4.69, 9.17) is 0 Å². The summed E-state index contributed by atoms with van der Waals surface area (Å²) in [6, 6.07) is 12.9. The Bertz CT molecular complexity index is 1050. The SMILES string of the molecule is CCC(=O)N1CCc2cc(S(=O)(=O)CCC(=O)NCCc3cccc(C)c3)ccc21. The van der Waals surface area contributed by atoms with E-state index in [9.17, 15) is 18.0 Å². The average Bonchev–Trinajstić information content (AvgIpc) is 3.15. The summed E-state index contributed by atoms with van der Waals surface area (Å²) in [6.45, 7) is 4.88. The molecular formula is C23H28N2O4S. The maximum absolute atomic E-state index is 12.7. The van der Waals surface area contributed by atoms with Crippen molar-refractivity contribution in [3.8, 4) is 0 Å². The monoisotopic (exact) mass is 428 g/mol. The summed E-state index contributed by atoms with van der Waals surface area (Å²) in [5.74, 6) is -0.474. The number of hydrogen-bond acceptors (Lipinski definition) is 4. The molecule has 1 heterocycles. The summed E-state index contributed by atoms with van der Waals surface area (Å²) >= 11 is 0. The molecule has 160 valence electrons. The molecule has 0 unspecified atom stereocenters. The van der Waals surface area contributed by atoms with Gasteiger partial charge in [-0.2, -0.15) is 0 Å². The van der Waals surface area contributed by atoms with Gasteiger partial charge in [0.25, 0.3) is 0 Å². The van der Waals surface area contributed by atoms with Crippen molar-refractivity contribution in [3.63, 3.8) is 0 Å². The fourth-order valence-electron chi connectivity index (χ4n) is 3.67. The van der Waals surface area contributed by atoms with Crippen LogP contribution in [0.1, 0.15) is 36.5 Å². The predicted molar refractivity (Wildman–Crippen MR) is 117 cm³/mol. The van der Waals surface area contributed by atoms with Crippen molar-refractivity contribution in [1.82, 2.24) is 5.32 Å². The maximum Gasteiger partial charge on any atom is 0.226 e. The molecule has 0 saturated carbocycles. The molecule has 1 aliphatic rings. The van der Waals surface area contributed by atoms with Crippen LogP contribution in [0.15, 0.2) is 47.4 Å². The van der Waals surface area contributed by atoms with Gasteiger partial charge in [-0.3, -0.25) is 9.59 Å². The van der Waals surface area contributed by atoms with Gasteiger partial charge >= 0.3 is 0 Å². The first kappa shape index (κ1) is 22.0. The van der Waals surface area contributed by atoms with Gasteiger partial charge in [0.2, 0.25) is 11.8 Å². The van der Waals surface area contributed by atoms with E-state index in [0.717, 1.165) is 16.8 Å². The van der Waals surface area contributed by atoms with Gasteiger partial charge in [0.05, 0.1) is 10.6 Å². The zero-order valence-electron chi connectivity index (χ0n) is 17.5. The molecule has 0 aromatic heterocycles. The topological polar surface area (TPSA) is 83.6 Å². The number of anilines is 1. The highest BCUT2D eigenvalue weighted by Gasteiger charge is 2.26. The van der Waals surface area contributed by atoms with Crippen LogP contribution < -0.4 is 10.2 Å². The van der Waals surface area contributed by atoms with Crippen LogP contribution in [-0.4, -0.2) is 39.1 Å². The Labute approximate surface area is 178 Å². The lowest BCUT2D eigenvalue weighted by Crippen LogP contribution is -2.28. The minimum atomic E-state index is -3.57. The quantitative estimate of drug-likeness (QED) is 0.701. The summed E-state index contributed by atoms with van der Waals surface area (Å²) in [5, 5.41) is 2.79. The fraction of sp³-hybridized carbons (Fsp3) is 0.391. The third-order valence-corrected chi connectivity index (χ3v) is 7.04. The van der Waals surface area contributed by atoms with Crippen LogP contribution in [0.4, 0.5) is 5.69 Å². The van der Waals surface area contributed by atoms with Crippen molar-refractivity contribution in [2.45, 2.75) is 44.4 Å². The summed E-state index contributed by atoms with van der Waals surface area (Å²) in [4.78, 5) is 26.0. The second kappa shape index (κ2) is 9.43. The highest BCUT2D eigenvalue weighted by Crippen LogP contribution is 2.31. The largest absolute Gasteiger partial charge is 0.356 e. The molecule has 3 rings (SSSR count). The van der Waals surface area contributed by atoms with Gasteiger partial charge in [0, 0.05) is 31.6 Å². The number of sulfone groups is 1. The van der Waals surface area contributed by atoms with Crippen LogP contribution >= 0.6 is 0 Å². The van der Waals surface area contributed by atoms with Crippen molar-refractivity contribution in [2.24, 2.45) is 0 Å². The molecule has 0 spiro atoms. The Morgan fingerprint density at radius 1 is 1.13 bits per heavy atom. The first-order valence-electron chi connectivity index (χ1n) is 10.3. The van der Waals surface area contributed by atoms with Gasteiger partial charge in [0.15, 0.2) is 9.84 Å². The van der Waals surface area contributed by atoms with Crippen molar-refractivity contribution in [1.29, 1.82) is 0 Å². The zero-order valence-corrected chi connectivity index (χ0v) is 18.3. The number of amides is 2. The van der Waals surface area contributed by atoms with E-state index in [1.54, 1.807) is 17.0 Å². The lowest BCUT2D eigenvalue weighted by molar-refractivity contribution is -0.120. The minimum Gasteiger partial charge on any atom is -0.356 e. The molecule has 7 heteroatoms. The average molecular weight is 429 g/mol. The van der Waals surface area contributed by atoms with Crippen molar-refractivity contribution in [3.05, 3.63) is 59.2 Å². The second-order valence-corrected chi connectivity index (χ2v) is 9.71. The Kier molecular flexibility index (Phi) is 6.92. The molecule has 2 aromatic carbocycles. The standard InChI is InChI=1S/C23H28N2O4S/c1-3-23(27)25-13-10-19-16-20(7-8-21(19)25)30(28,29)14-11-22(26)24-12-9-18-6-4-5-17(2)15-18/h4-8,15-16H,3,9-14H2,1-2H3,(H,24,26). The number of hydrogen-bond donors (Lipinski definition) is 1. The van der Waals surface area contributed by atoms with Gasteiger partial charge in [-0.1, -0.05) is 36.8 Å². The smallest absolute Gasteiger partial charge is 0.226 e. The van der Waals surface area contributed by atoms with E-state index >= 15 is 0 Å². The number of nitrogens with zero attached hydrogens (tertiary/aromatic N) is 1. The normalized spacial score (nSPS) is 13.2. The van der Waals surface area contributed by atoms with Crippen LogP contribution in [0.3, 0.4) is 0 Å². The van der Waals surface area contributed by atoms with Crippen LogP contribution in [0.25, 0.3) is 0 Å². The van der Waals surface area contributed by atoms with Gasteiger partial charge < -0.3 is 10.2 Å². The molecule has 1 aliphatic heterocycles. The van der Waals surface area contributed by atoms with Gasteiger partial charge in [-0.25, -0.2) is 8.42 Å². The number of carbonyl (C=O) groups excluding carboxylic acids is 2. The first-order chi connectivity index (χ1) is 14.3. The molecule has 0 aliphatic carbocycles. The molecule has 2 amide bonds. The lowest BCUT2D eigenvalue weighted by atomic mass is 10.1. The van der Waals surface area contributed by atoms with E-state index in [0.29, 0.717) is 32.4 Å². The Hall–Kier alpha value is -2.67. The summed E-state index contributed by atoms with van der Waals surface area (Å²) < 4.78 is 25.4. The number of fused-ring (bicyclic) bond motifs is 1. The summed E-state index contributed by atoms with van der Waals surface area (Å²) in [6.07, 6.45) is 1.69. The molecule has 6 nitrogen and oxygen atoms in total. The van der Waals surface area contributed by atoms with Crippen molar-refractivity contribution < 1.29 is 18.0 Å². The Balaban J connectivity index is 1.54. The van der Waals surface area contributed by atoms with Gasteiger partial charge in [-0.05, 0) is 49.1 Å². The van der Waals surface area contributed by atoms with Gasteiger partial charge in [-0.15, -0.1) is 0 Å². The van der Waals surface area contributed by atoms with E-state index in [-0.39, 0.29) is 28.9 Å².